The molecule has 3 aliphatic rings. The van der Waals surface area contributed by atoms with Crippen LogP contribution in [0.15, 0.2) is 158 Å². The number of benzene rings is 7. The first-order valence-electron chi connectivity index (χ1n) is 30.9. The van der Waals surface area contributed by atoms with Crippen molar-refractivity contribution < 1.29 is 86.9 Å². The largest absolute Gasteiger partial charge is 0.507 e. The highest BCUT2D eigenvalue weighted by Crippen LogP contribution is 2.46. The predicted octanol–water partition coefficient (Wildman–Crippen LogP) is 10.6. The predicted molar refractivity (Wildman–Crippen MR) is 348 cm³/mol. The van der Waals surface area contributed by atoms with E-state index in [1.54, 1.807) is 58.8 Å². The van der Waals surface area contributed by atoms with Gasteiger partial charge in [-0.25, -0.2) is 0 Å². The second kappa shape index (κ2) is 40.4. The van der Waals surface area contributed by atoms with Crippen LogP contribution in [0.2, 0.25) is 0 Å². The molecule has 3 aliphatic heterocycles. The van der Waals surface area contributed by atoms with Crippen LogP contribution in [-0.2, 0) is 47.9 Å². The van der Waals surface area contributed by atoms with E-state index in [2.05, 4.69) is 24.3 Å². The molecule has 3 atom stereocenters. The smallest absolute Gasteiger partial charge is 0.373 e. The molecule has 0 aromatic heterocycles. The van der Waals surface area contributed by atoms with Crippen LogP contribution in [0, 0.1) is 6.92 Å². The number of likely N-dealkylation sites (tertiary alicyclic amines) is 2. The minimum atomic E-state index is -0.331. The lowest BCUT2D eigenvalue weighted by atomic mass is 9.85. The molecule has 95 heavy (non-hydrogen) atoms. The Morgan fingerprint density at radius 3 is 1.09 bits per heavy atom. The van der Waals surface area contributed by atoms with E-state index in [0.29, 0.717) is 84.1 Å². The van der Waals surface area contributed by atoms with Crippen LogP contribution in [0.5, 0.6) is 46.0 Å². The molecule has 502 valence electrons. The van der Waals surface area contributed by atoms with Crippen LogP contribution >= 0.6 is 0 Å². The molecular weight excluding hydrogens is 1220 g/mol. The van der Waals surface area contributed by atoms with Crippen molar-refractivity contribution in [2.24, 2.45) is 0 Å². The van der Waals surface area contributed by atoms with E-state index >= 15 is 0 Å². The highest BCUT2D eigenvalue weighted by molar-refractivity contribution is 5.80. The molecule has 3 amide bonds. The molecule has 0 spiro atoms. The number of amides is 3. The van der Waals surface area contributed by atoms with E-state index in [-0.39, 0.29) is 84.0 Å². The SMILES string of the molecule is COc1cc(C)cc(O)c1C(CC(=O)N1CCCCC1)c1ccccc1.COc1cc(O)c(C(CC(=O)N2CCC(c3ccccc3)CC2)c2ccccc2)c(OC)c1.COc1cc(O)c(C(CC(=O)N2CCOCC2)c2ccccc2)c(OC)c1.O=C=O.O=C=O.O=C=O. The van der Waals surface area contributed by atoms with Crippen molar-refractivity contribution in [3.63, 3.8) is 0 Å². The van der Waals surface area contributed by atoms with Gasteiger partial charge in [-0.15, -0.1) is 0 Å². The van der Waals surface area contributed by atoms with E-state index in [1.807, 2.05) is 125 Å². The Morgan fingerprint density at radius 1 is 0.432 bits per heavy atom. The fraction of sp³-hybridized carbons (Fsp3) is 0.351. The van der Waals surface area contributed by atoms with Gasteiger partial charge in [0, 0.05) is 117 Å². The fourth-order valence-corrected chi connectivity index (χ4v) is 12.0. The van der Waals surface area contributed by atoms with Crippen molar-refractivity contribution in [2.75, 3.05) is 88.0 Å². The van der Waals surface area contributed by atoms with Gasteiger partial charge in [0.25, 0.3) is 0 Å². The van der Waals surface area contributed by atoms with Gasteiger partial charge in [0.2, 0.25) is 17.7 Å². The van der Waals surface area contributed by atoms with Crippen LogP contribution in [0.3, 0.4) is 0 Å². The number of hydrogen-bond acceptors (Lipinski definition) is 18. The molecule has 7 aromatic carbocycles. The summed E-state index contributed by atoms with van der Waals surface area (Å²) in [5, 5.41) is 32.2. The molecule has 3 heterocycles. The number of phenolic OH excluding ortho intramolecular Hbond substituents is 3. The zero-order valence-electron chi connectivity index (χ0n) is 54.4. The molecule has 21 nitrogen and oxygen atoms in total. The van der Waals surface area contributed by atoms with E-state index in [1.165, 1.54) is 19.1 Å². The van der Waals surface area contributed by atoms with Crippen molar-refractivity contribution in [1.82, 2.24) is 14.7 Å². The number of nitrogens with zero attached hydrogens (tertiary/aromatic N) is 3. The van der Waals surface area contributed by atoms with Gasteiger partial charge in [-0.2, -0.15) is 28.8 Å². The average molecular weight is 1300 g/mol. The maximum atomic E-state index is 13.4. The van der Waals surface area contributed by atoms with Gasteiger partial charge in [0.05, 0.1) is 48.8 Å². The third-order valence-electron chi connectivity index (χ3n) is 16.6. The maximum Gasteiger partial charge on any atom is 0.373 e. The summed E-state index contributed by atoms with van der Waals surface area (Å²) in [6.07, 6.45) is 6.83. The Hall–Kier alpha value is -10.5. The number of aromatic hydroxyl groups is 3. The first-order valence-corrected chi connectivity index (χ1v) is 30.9. The summed E-state index contributed by atoms with van der Waals surface area (Å²) in [6, 6.07) is 50.2. The molecule has 0 bridgehead atoms. The standard InChI is InChI=1S/C28H31NO4.C22H27NO3.C21H25NO5.3CO2/c1-32-23-17-25(30)28(26(18-23)33-2)24(22-11-7-4-8-12-22)19-27(31)29-15-13-21(14-16-29)20-9-5-3-6-10-20;1-16-13-19(24)22(20(14-16)26-2)18(17-9-5-3-6-10-17)15-21(25)23-11-7-4-8-12-23;1-25-16-12-18(23)21(19(13-16)26-2)17(15-6-4-3-5-7-15)14-20(24)22-8-10-27-11-9-22;3*2-1-3/h3-12,17-18,21,24,30H,13-16,19H2,1-2H3;3,5-6,9-10,13-14,18,24H,4,7-8,11-12,15H2,1-2H3;3-7,12-13,17,23H,8-11,14H2,1-2H3;;;. The second-order valence-electron chi connectivity index (χ2n) is 22.2. The summed E-state index contributed by atoms with van der Waals surface area (Å²) in [5.41, 5.74) is 7.08. The van der Waals surface area contributed by atoms with Crippen molar-refractivity contribution >= 4 is 36.2 Å². The summed E-state index contributed by atoms with van der Waals surface area (Å²) in [5.74, 6) is 2.80. The zero-order chi connectivity index (χ0) is 69.1. The summed E-state index contributed by atoms with van der Waals surface area (Å²) in [6.45, 7) is 7.35. The highest BCUT2D eigenvalue weighted by atomic mass is 16.5. The lowest BCUT2D eigenvalue weighted by Crippen LogP contribution is -2.41. The molecule has 0 aliphatic carbocycles. The summed E-state index contributed by atoms with van der Waals surface area (Å²) < 4.78 is 32.5. The van der Waals surface area contributed by atoms with Crippen molar-refractivity contribution in [2.45, 2.75) is 82.0 Å². The number of ether oxygens (including phenoxy) is 6. The topological polar surface area (TPSA) is 279 Å². The number of carbonyl (C=O) groups excluding carboxylic acids is 9. The molecule has 0 saturated carbocycles. The van der Waals surface area contributed by atoms with Gasteiger partial charge < -0.3 is 58.4 Å². The first-order chi connectivity index (χ1) is 46.1. The Balaban J connectivity index is 0.000000244. The lowest BCUT2D eigenvalue weighted by Gasteiger charge is -2.33. The lowest BCUT2D eigenvalue weighted by molar-refractivity contribution is -0.193. The number of hydrogen-bond donors (Lipinski definition) is 3. The van der Waals surface area contributed by atoms with E-state index in [4.69, 9.17) is 57.2 Å². The zero-order valence-corrected chi connectivity index (χ0v) is 54.4. The van der Waals surface area contributed by atoms with Gasteiger partial charge in [-0.1, -0.05) is 121 Å². The quantitative estimate of drug-likeness (QED) is 0.0720. The van der Waals surface area contributed by atoms with E-state index < -0.39 is 0 Å². The number of rotatable bonds is 18. The number of methoxy groups -OCH3 is 5. The average Bonchev–Trinajstić information content (AvgIpc) is 0.839. The molecule has 21 heteroatoms. The van der Waals surface area contributed by atoms with Crippen LogP contribution in [-0.4, -0.2) is 154 Å². The first kappa shape index (κ1) is 75.2. The summed E-state index contributed by atoms with van der Waals surface area (Å²) >= 11 is 0. The van der Waals surface area contributed by atoms with Crippen molar-refractivity contribution in [3.8, 4) is 46.0 Å². The second-order valence-corrected chi connectivity index (χ2v) is 22.2. The number of phenols is 3. The van der Waals surface area contributed by atoms with Crippen LogP contribution in [0.25, 0.3) is 0 Å². The normalized spacial score (nSPS) is 14.1. The third kappa shape index (κ3) is 22.3. The van der Waals surface area contributed by atoms with Gasteiger partial charge in [-0.3, -0.25) is 14.4 Å². The highest BCUT2D eigenvalue weighted by Gasteiger charge is 2.33. The van der Waals surface area contributed by atoms with E-state index in [9.17, 15) is 29.7 Å². The Bertz CT molecular complexity index is 3560. The van der Waals surface area contributed by atoms with Crippen LogP contribution in [0.1, 0.15) is 120 Å². The number of carbonyl (C=O) groups is 3. The van der Waals surface area contributed by atoms with Crippen LogP contribution in [0.4, 0.5) is 0 Å². The molecule has 3 saturated heterocycles. The van der Waals surface area contributed by atoms with E-state index in [0.717, 1.165) is 74.1 Å². The molecule has 0 radical (unpaired) electrons. The summed E-state index contributed by atoms with van der Waals surface area (Å²) in [4.78, 5) is 93.7. The monoisotopic (exact) mass is 1300 g/mol. The van der Waals surface area contributed by atoms with Gasteiger partial charge >= 0.3 is 18.5 Å². The Kier molecular flexibility index (Phi) is 32.0. The van der Waals surface area contributed by atoms with Crippen molar-refractivity contribution in [3.05, 3.63) is 202 Å². The number of piperidine rings is 2. The summed E-state index contributed by atoms with van der Waals surface area (Å²) in [7, 11) is 7.79. The third-order valence-corrected chi connectivity index (χ3v) is 16.6. The Labute approximate surface area is 553 Å². The Morgan fingerprint density at radius 2 is 0.747 bits per heavy atom. The molecule has 10 rings (SSSR count). The minimum Gasteiger partial charge on any atom is -0.507 e. The molecule has 3 fully saturated rings. The van der Waals surface area contributed by atoms with Gasteiger partial charge in [0.1, 0.15) is 46.0 Å². The fourth-order valence-electron chi connectivity index (χ4n) is 12.0. The minimum absolute atomic E-state index is 0.0319. The van der Waals surface area contributed by atoms with Gasteiger partial charge in [-0.05, 0) is 84.9 Å². The maximum absolute atomic E-state index is 13.4. The molecule has 3 unspecified atom stereocenters. The molecule has 3 N–H and O–H groups in total. The number of aryl methyl sites for hydroxylation is 1. The van der Waals surface area contributed by atoms with Crippen LogP contribution < -0.4 is 23.7 Å². The molecule has 7 aromatic rings. The number of morpholine rings is 1. The van der Waals surface area contributed by atoms with Gasteiger partial charge in [0.15, 0.2) is 0 Å². The van der Waals surface area contributed by atoms with Crippen molar-refractivity contribution in [1.29, 1.82) is 0 Å². The molecular formula is C74H83N3O18.